The third-order valence-corrected chi connectivity index (χ3v) is 5.48. The van der Waals surface area contributed by atoms with Gasteiger partial charge in [-0.3, -0.25) is 10.2 Å². The maximum atomic E-state index is 13.0. The molecule has 2 aliphatic rings. The monoisotopic (exact) mass is 437 g/mol. The molecule has 0 aliphatic carbocycles. The van der Waals surface area contributed by atoms with Crippen molar-refractivity contribution in [1.82, 2.24) is 19.8 Å². The first-order chi connectivity index (χ1) is 14.8. The number of aromatic nitrogens is 2. The Morgan fingerprint density at radius 3 is 2.68 bits per heavy atom. The molecule has 3 heterocycles. The molecular weight excluding hydrogens is 415 g/mol. The van der Waals surface area contributed by atoms with Crippen LogP contribution >= 0.6 is 0 Å². The molecule has 8 nitrogen and oxygen atoms in total. The van der Waals surface area contributed by atoms with Crippen LogP contribution in [0.1, 0.15) is 23.6 Å². The molecule has 1 saturated heterocycles. The van der Waals surface area contributed by atoms with Crippen molar-refractivity contribution in [3.63, 3.8) is 0 Å². The zero-order valence-electron chi connectivity index (χ0n) is 16.9. The lowest BCUT2D eigenvalue weighted by atomic mass is 9.96. The van der Waals surface area contributed by atoms with Crippen molar-refractivity contribution in [2.75, 3.05) is 45.2 Å². The Balaban J connectivity index is 1.38. The van der Waals surface area contributed by atoms with E-state index in [1.165, 1.54) is 25.6 Å². The molecule has 0 spiro atoms. The van der Waals surface area contributed by atoms with E-state index in [4.69, 9.17) is 9.47 Å². The lowest BCUT2D eigenvalue weighted by Gasteiger charge is -2.41. The van der Waals surface area contributed by atoms with Gasteiger partial charge in [-0.05, 0) is 12.1 Å². The fraction of sp³-hybridized carbons (Fsp3) is 0.450. The van der Waals surface area contributed by atoms with Gasteiger partial charge in [0.15, 0.2) is 0 Å². The minimum Gasteiger partial charge on any atom is -0.493 e. The average Bonchev–Trinajstić information content (AvgIpc) is 2.78. The fourth-order valence-electron chi connectivity index (χ4n) is 3.87. The minimum atomic E-state index is -4.40. The summed E-state index contributed by atoms with van der Waals surface area (Å²) in [7, 11) is 1.48. The Labute approximate surface area is 177 Å². The number of carbonyl (C=O) groups excluding carboxylic acids is 1. The van der Waals surface area contributed by atoms with Crippen LogP contribution in [0.3, 0.4) is 0 Å². The molecule has 31 heavy (non-hydrogen) atoms. The molecule has 2 aliphatic heterocycles. The summed E-state index contributed by atoms with van der Waals surface area (Å²) in [5.41, 5.74) is 0.0416. The number of nitrogens with zero attached hydrogens (tertiary/aromatic N) is 4. The van der Waals surface area contributed by atoms with Crippen LogP contribution in [0.5, 0.6) is 11.6 Å². The summed E-state index contributed by atoms with van der Waals surface area (Å²) >= 11 is 0. The van der Waals surface area contributed by atoms with Crippen LogP contribution in [0.15, 0.2) is 30.6 Å². The van der Waals surface area contributed by atoms with Crippen molar-refractivity contribution in [3.05, 3.63) is 41.7 Å². The second-order valence-corrected chi connectivity index (χ2v) is 7.30. The maximum Gasteiger partial charge on any atom is 0.416 e. The number of nitrogens with one attached hydrogen (secondary N) is 1. The number of ether oxygens (including phenoxy) is 2. The molecule has 1 atom stereocenters. The topological polar surface area (TPSA) is 79.8 Å². The Morgan fingerprint density at radius 1 is 1.19 bits per heavy atom. The number of methoxy groups -OCH3 is 1. The van der Waals surface area contributed by atoms with Crippen LogP contribution in [0.2, 0.25) is 0 Å². The number of hydrogen-bond acceptors (Lipinski definition) is 6. The van der Waals surface area contributed by atoms with Gasteiger partial charge in [-0.15, -0.1) is 0 Å². The molecule has 1 fully saturated rings. The van der Waals surface area contributed by atoms with E-state index in [1.807, 2.05) is 0 Å². The third kappa shape index (κ3) is 4.66. The highest BCUT2D eigenvalue weighted by Crippen LogP contribution is 2.40. The number of rotatable bonds is 3. The van der Waals surface area contributed by atoms with E-state index in [2.05, 4.69) is 20.2 Å². The van der Waals surface area contributed by atoms with E-state index in [0.29, 0.717) is 50.9 Å². The van der Waals surface area contributed by atoms with E-state index < -0.39 is 11.7 Å². The molecule has 0 bridgehead atoms. The molecule has 2 amide bonds. The number of carbonyl (C=O) groups is 1. The number of amides is 2. The standard InChI is InChI=1S/C20H22F3N5O3/c1-30-18-11-17(24-12-25-18)26-19(29)28-7-5-27(6-8-28)15-4-9-31-16-10-13(20(21,22)23)2-3-14(15)16/h2-3,10-12,15H,4-9H2,1H3,(H,24,25,26,29). The second-order valence-electron chi connectivity index (χ2n) is 7.30. The summed E-state index contributed by atoms with van der Waals surface area (Å²) in [5.74, 6) is 0.976. The quantitative estimate of drug-likeness (QED) is 0.795. The summed E-state index contributed by atoms with van der Waals surface area (Å²) in [4.78, 5) is 24.3. The normalized spacial score (nSPS) is 19.4. The molecule has 1 aromatic heterocycles. The van der Waals surface area contributed by atoms with Crippen LogP contribution in [0.4, 0.5) is 23.8 Å². The molecule has 0 radical (unpaired) electrons. The molecule has 11 heteroatoms. The van der Waals surface area contributed by atoms with Crippen molar-refractivity contribution in [3.8, 4) is 11.6 Å². The number of fused-ring (bicyclic) bond motifs is 1. The number of piperazine rings is 1. The number of hydrogen-bond donors (Lipinski definition) is 1. The molecule has 4 rings (SSSR count). The summed E-state index contributed by atoms with van der Waals surface area (Å²) in [6, 6.07) is 4.89. The molecule has 1 N–H and O–H groups in total. The Hall–Kier alpha value is -3.08. The van der Waals surface area contributed by atoms with Gasteiger partial charge in [0, 0.05) is 50.3 Å². The first-order valence-corrected chi connectivity index (χ1v) is 9.85. The largest absolute Gasteiger partial charge is 0.493 e. The van der Waals surface area contributed by atoms with Crippen molar-refractivity contribution >= 4 is 11.8 Å². The molecule has 1 unspecified atom stereocenters. The average molecular weight is 437 g/mol. The molecule has 2 aromatic rings. The summed E-state index contributed by atoms with van der Waals surface area (Å²) < 4.78 is 49.5. The van der Waals surface area contributed by atoms with E-state index in [-0.39, 0.29) is 17.8 Å². The number of anilines is 1. The van der Waals surface area contributed by atoms with Gasteiger partial charge in [0.2, 0.25) is 5.88 Å². The SMILES string of the molecule is COc1cc(NC(=O)N2CCN(C3CCOc4cc(C(F)(F)F)ccc43)CC2)ncn1. The fourth-order valence-corrected chi connectivity index (χ4v) is 3.87. The lowest BCUT2D eigenvalue weighted by Crippen LogP contribution is -2.51. The molecule has 0 saturated carbocycles. The van der Waals surface area contributed by atoms with Gasteiger partial charge in [-0.1, -0.05) is 6.07 Å². The van der Waals surface area contributed by atoms with Gasteiger partial charge in [0.25, 0.3) is 0 Å². The number of alkyl halides is 3. The van der Waals surface area contributed by atoms with Crippen LogP contribution in [0, 0.1) is 0 Å². The summed E-state index contributed by atoms with van der Waals surface area (Å²) in [6.45, 7) is 2.54. The van der Waals surface area contributed by atoms with Crippen LogP contribution < -0.4 is 14.8 Å². The minimum absolute atomic E-state index is 0.0395. The highest BCUT2D eigenvalue weighted by atomic mass is 19.4. The highest BCUT2D eigenvalue weighted by Gasteiger charge is 2.35. The second kappa shape index (κ2) is 8.58. The zero-order chi connectivity index (χ0) is 22.0. The molecular formula is C20H22F3N5O3. The predicted octanol–water partition coefficient (Wildman–Crippen LogP) is 3.18. The first kappa shape index (κ1) is 21.2. The Morgan fingerprint density at radius 2 is 1.97 bits per heavy atom. The van der Waals surface area contributed by atoms with Crippen molar-refractivity contribution in [2.24, 2.45) is 0 Å². The van der Waals surface area contributed by atoms with Crippen molar-refractivity contribution < 1.29 is 27.4 Å². The summed E-state index contributed by atoms with van der Waals surface area (Å²) in [6.07, 6.45) is -2.41. The van der Waals surface area contributed by atoms with Gasteiger partial charge in [0.1, 0.15) is 17.9 Å². The number of halogens is 3. The number of urea groups is 1. The maximum absolute atomic E-state index is 13.0. The smallest absolute Gasteiger partial charge is 0.416 e. The Bertz CT molecular complexity index is 948. The van der Waals surface area contributed by atoms with Crippen LogP contribution in [-0.4, -0.2) is 65.7 Å². The van der Waals surface area contributed by atoms with Crippen LogP contribution in [0.25, 0.3) is 0 Å². The zero-order valence-corrected chi connectivity index (χ0v) is 16.9. The van der Waals surface area contributed by atoms with Gasteiger partial charge in [-0.2, -0.15) is 13.2 Å². The highest BCUT2D eigenvalue weighted by molar-refractivity contribution is 5.88. The van der Waals surface area contributed by atoms with Crippen molar-refractivity contribution in [1.29, 1.82) is 0 Å². The molecule has 166 valence electrons. The number of benzene rings is 1. The van der Waals surface area contributed by atoms with Crippen molar-refractivity contribution in [2.45, 2.75) is 18.6 Å². The summed E-state index contributed by atoms with van der Waals surface area (Å²) in [5, 5.41) is 2.73. The van der Waals surface area contributed by atoms with E-state index in [9.17, 15) is 18.0 Å². The third-order valence-electron chi connectivity index (χ3n) is 5.48. The van der Waals surface area contributed by atoms with Gasteiger partial charge in [0.05, 0.1) is 19.3 Å². The van der Waals surface area contributed by atoms with Gasteiger partial charge >= 0.3 is 12.2 Å². The van der Waals surface area contributed by atoms with E-state index in [0.717, 1.165) is 17.7 Å². The van der Waals surface area contributed by atoms with Gasteiger partial charge in [-0.25, -0.2) is 14.8 Å². The lowest BCUT2D eigenvalue weighted by molar-refractivity contribution is -0.137. The van der Waals surface area contributed by atoms with E-state index in [1.54, 1.807) is 4.90 Å². The Kier molecular flexibility index (Phi) is 5.86. The van der Waals surface area contributed by atoms with Gasteiger partial charge < -0.3 is 14.4 Å². The van der Waals surface area contributed by atoms with E-state index >= 15 is 0 Å². The predicted molar refractivity (Wildman–Crippen MR) is 105 cm³/mol. The van der Waals surface area contributed by atoms with Crippen LogP contribution in [-0.2, 0) is 6.18 Å². The molecule has 1 aromatic carbocycles. The first-order valence-electron chi connectivity index (χ1n) is 9.85.